The lowest BCUT2D eigenvalue weighted by molar-refractivity contribution is 0.0294. The third kappa shape index (κ3) is 2.58. The molecule has 3 nitrogen and oxygen atoms in total. The van der Waals surface area contributed by atoms with Crippen LogP contribution < -0.4 is 5.32 Å². The Balaban J connectivity index is 1.47. The predicted octanol–water partition coefficient (Wildman–Crippen LogP) is 2.58. The van der Waals surface area contributed by atoms with Gasteiger partial charge < -0.3 is 5.32 Å². The Morgan fingerprint density at radius 1 is 1.10 bits per heavy atom. The summed E-state index contributed by atoms with van der Waals surface area (Å²) < 4.78 is 0. The van der Waals surface area contributed by atoms with Crippen LogP contribution in [-0.4, -0.2) is 54.1 Å². The van der Waals surface area contributed by atoms with Crippen molar-refractivity contribution in [1.82, 2.24) is 9.80 Å². The topological polar surface area (TPSA) is 18.5 Å². The van der Waals surface area contributed by atoms with Gasteiger partial charge >= 0.3 is 0 Å². The highest BCUT2D eigenvalue weighted by molar-refractivity contribution is 5.52. The van der Waals surface area contributed by atoms with E-state index < -0.39 is 0 Å². The summed E-state index contributed by atoms with van der Waals surface area (Å²) in [6.45, 7) is 7.41. The number of nitrogens with one attached hydrogen (secondary N) is 1. The van der Waals surface area contributed by atoms with Crippen LogP contribution in [0.3, 0.4) is 0 Å². The zero-order valence-electron chi connectivity index (χ0n) is 13.1. The summed E-state index contributed by atoms with van der Waals surface area (Å²) >= 11 is 0. The van der Waals surface area contributed by atoms with Crippen molar-refractivity contribution in [1.29, 1.82) is 0 Å². The van der Waals surface area contributed by atoms with Gasteiger partial charge in [-0.3, -0.25) is 9.80 Å². The fourth-order valence-electron chi connectivity index (χ4n) is 4.56. The Bertz CT molecular complexity index is 474. The van der Waals surface area contributed by atoms with Gasteiger partial charge in [-0.2, -0.15) is 0 Å². The number of benzene rings is 1. The molecule has 4 rings (SSSR count). The third-order valence-corrected chi connectivity index (χ3v) is 5.75. The van der Waals surface area contributed by atoms with Crippen molar-refractivity contribution in [3.05, 3.63) is 29.8 Å². The van der Waals surface area contributed by atoms with Crippen molar-refractivity contribution in [3.63, 3.8) is 0 Å². The summed E-state index contributed by atoms with van der Waals surface area (Å²) in [7, 11) is 0. The molecule has 0 aromatic heterocycles. The molecule has 3 unspecified atom stereocenters. The molecule has 0 aliphatic carbocycles. The van der Waals surface area contributed by atoms with E-state index in [9.17, 15) is 0 Å². The van der Waals surface area contributed by atoms with Crippen molar-refractivity contribution in [2.75, 3.05) is 31.5 Å². The fraction of sp³-hybridized carbons (Fsp3) is 0.667. The second-order valence-electron chi connectivity index (χ2n) is 7.07. The molecule has 3 heterocycles. The minimum absolute atomic E-state index is 0.690. The number of nitrogens with zero attached hydrogens (tertiary/aromatic N) is 2. The fourth-order valence-corrected chi connectivity index (χ4v) is 4.56. The number of para-hydroxylation sites is 1. The predicted molar refractivity (Wildman–Crippen MR) is 87.8 cm³/mol. The first-order valence-corrected chi connectivity index (χ1v) is 8.63. The summed E-state index contributed by atoms with van der Waals surface area (Å²) in [5.41, 5.74) is 2.85. The molecule has 114 valence electrons. The maximum Gasteiger partial charge on any atom is 0.0373 e. The van der Waals surface area contributed by atoms with Crippen LogP contribution in [-0.2, 0) is 6.42 Å². The molecule has 3 heteroatoms. The first-order valence-electron chi connectivity index (χ1n) is 8.63. The molecular weight excluding hydrogens is 258 g/mol. The van der Waals surface area contributed by atoms with Crippen molar-refractivity contribution in [3.8, 4) is 0 Å². The van der Waals surface area contributed by atoms with Gasteiger partial charge in [0.2, 0.25) is 0 Å². The molecule has 0 saturated carbocycles. The Morgan fingerprint density at radius 2 is 2.00 bits per heavy atom. The van der Waals surface area contributed by atoms with Crippen LogP contribution in [0, 0.1) is 0 Å². The molecule has 3 aliphatic heterocycles. The summed E-state index contributed by atoms with van der Waals surface area (Å²) in [4.78, 5) is 5.52. The van der Waals surface area contributed by atoms with Gasteiger partial charge in [0.05, 0.1) is 0 Å². The number of fused-ring (bicyclic) bond motifs is 2. The Labute approximate surface area is 128 Å². The van der Waals surface area contributed by atoms with Crippen LogP contribution in [0.4, 0.5) is 5.69 Å². The SMILES string of the molecule is CC1CN2CCCC2CN1C1CCc2ccccc2NC1. The zero-order chi connectivity index (χ0) is 14.2. The molecule has 1 N–H and O–H groups in total. The summed E-state index contributed by atoms with van der Waals surface area (Å²) in [6.07, 6.45) is 5.32. The van der Waals surface area contributed by atoms with E-state index in [1.54, 1.807) is 0 Å². The summed E-state index contributed by atoms with van der Waals surface area (Å²) in [6, 6.07) is 11.0. The molecule has 0 radical (unpaired) electrons. The van der Waals surface area contributed by atoms with Crippen LogP contribution >= 0.6 is 0 Å². The molecular formula is C18H27N3. The third-order valence-electron chi connectivity index (χ3n) is 5.75. The molecule has 0 bridgehead atoms. The van der Waals surface area contributed by atoms with Crippen LogP contribution in [0.5, 0.6) is 0 Å². The van der Waals surface area contributed by atoms with Crippen molar-refractivity contribution < 1.29 is 0 Å². The lowest BCUT2D eigenvalue weighted by atomic mass is 10.0. The second-order valence-corrected chi connectivity index (χ2v) is 7.07. The average Bonchev–Trinajstić information content (AvgIpc) is 2.84. The molecule has 1 aromatic carbocycles. The first-order chi connectivity index (χ1) is 10.3. The Morgan fingerprint density at radius 3 is 2.95 bits per heavy atom. The van der Waals surface area contributed by atoms with E-state index in [0.717, 1.165) is 12.6 Å². The van der Waals surface area contributed by atoms with Crippen LogP contribution in [0.2, 0.25) is 0 Å². The number of hydrogen-bond acceptors (Lipinski definition) is 3. The second kappa shape index (κ2) is 5.62. The van der Waals surface area contributed by atoms with Crippen molar-refractivity contribution >= 4 is 5.69 Å². The van der Waals surface area contributed by atoms with Gasteiger partial charge in [0.25, 0.3) is 0 Å². The number of anilines is 1. The minimum atomic E-state index is 0.690. The molecule has 3 aliphatic rings. The highest BCUT2D eigenvalue weighted by Gasteiger charge is 2.37. The molecule has 0 spiro atoms. The van der Waals surface area contributed by atoms with Gasteiger partial charge in [0.1, 0.15) is 0 Å². The van der Waals surface area contributed by atoms with E-state index in [4.69, 9.17) is 0 Å². The van der Waals surface area contributed by atoms with E-state index in [1.165, 1.54) is 56.6 Å². The lowest BCUT2D eigenvalue weighted by Crippen LogP contribution is -2.59. The maximum absolute atomic E-state index is 3.70. The molecule has 2 saturated heterocycles. The van der Waals surface area contributed by atoms with E-state index in [2.05, 4.69) is 46.3 Å². The maximum atomic E-state index is 3.70. The average molecular weight is 285 g/mol. The smallest absolute Gasteiger partial charge is 0.0373 e. The van der Waals surface area contributed by atoms with E-state index in [-0.39, 0.29) is 0 Å². The molecule has 0 amide bonds. The minimum Gasteiger partial charge on any atom is -0.383 e. The Kier molecular flexibility index (Phi) is 3.64. The standard InChI is InChI=1S/C18H27N3/c1-14-12-20-10-4-6-17(20)13-21(14)16-9-8-15-5-2-3-7-18(15)19-11-16/h2-3,5,7,14,16-17,19H,4,6,8-13H2,1H3. The monoisotopic (exact) mass is 285 g/mol. The molecule has 2 fully saturated rings. The van der Waals surface area contributed by atoms with Gasteiger partial charge in [0, 0.05) is 43.4 Å². The van der Waals surface area contributed by atoms with Gasteiger partial charge in [-0.05, 0) is 50.8 Å². The molecule has 3 atom stereocenters. The van der Waals surface area contributed by atoms with Gasteiger partial charge in [-0.15, -0.1) is 0 Å². The number of hydrogen-bond donors (Lipinski definition) is 1. The van der Waals surface area contributed by atoms with Crippen LogP contribution in [0.25, 0.3) is 0 Å². The first kappa shape index (κ1) is 13.6. The quantitative estimate of drug-likeness (QED) is 0.855. The van der Waals surface area contributed by atoms with Crippen molar-refractivity contribution in [2.24, 2.45) is 0 Å². The normalized spacial score (nSPS) is 33.9. The van der Waals surface area contributed by atoms with Gasteiger partial charge in [-0.25, -0.2) is 0 Å². The van der Waals surface area contributed by atoms with E-state index >= 15 is 0 Å². The number of aryl methyl sites for hydroxylation is 1. The lowest BCUT2D eigenvalue weighted by Gasteiger charge is -2.46. The molecule has 21 heavy (non-hydrogen) atoms. The summed E-state index contributed by atoms with van der Waals surface area (Å²) in [5, 5.41) is 3.70. The summed E-state index contributed by atoms with van der Waals surface area (Å²) in [5.74, 6) is 0. The van der Waals surface area contributed by atoms with Crippen molar-refractivity contribution in [2.45, 2.75) is 50.7 Å². The zero-order valence-corrected chi connectivity index (χ0v) is 13.1. The highest BCUT2D eigenvalue weighted by Crippen LogP contribution is 2.29. The van der Waals surface area contributed by atoms with Gasteiger partial charge in [-0.1, -0.05) is 18.2 Å². The Hall–Kier alpha value is -1.06. The number of rotatable bonds is 1. The van der Waals surface area contributed by atoms with Crippen LogP contribution in [0.15, 0.2) is 24.3 Å². The van der Waals surface area contributed by atoms with E-state index in [1.807, 2.05) is 0 Å². The largest absolute Gasteiger partial charge is 0.383 e. The molecule has 1 aromatic rings. The van der Waals surface area contributed by atoms with E-state index in [0.29, 0.717) is 12.1 Å². The number of piperazine rings is 1. The highest BCUT2D eigenvalue weighted by atomic mass is 15.3. The van der Waals surface area contributed by atoms with Crippen LogP contribution in [0.1, 0.15) is 31.7 Å². The van der Waals surface area contributed by atoms with Gasteiger partial charge in [0.15, 0.2) is 0 Å².